The standard InChI is InChI=1S/C20H22N4O3/c21-18(25)10-9-15-13-23(14-5-2-1-3-6-14)11-12-24(15)16-7-4-8-17-19(16)22-20(26)27-17/h1-8,15H,9-13H2,(H2,21,25)(H,22,26). The van der Waals surface area contributed by atoms with E-state index in [9.17, 15) is 9.59 Å². The molecule has 2 aromatic carbocycles. The first kappa shape index (κ1) is 17.2. The number of carbonyl (C=O) groups is 1. The molecule has 0 aliphatic carbocycles. The SMILES string of the molecule is NC(=O)CCC1CN(c2ccccc2)CCN1c1cccc2oc(=O)[nH]c12. The third-order valence-corrected chi connectivity index (χ3v) is 5.07. The molecule has 7 heteroatoms. The number of nitrogens with one attached hydrogen (secondary N) is 1. The molecule has 27 heavy (non-hydrogen) atoms. The van der Waals surface area contributed by atoms with Gasteiger partial charge in [-0.3, -0.25) is 9.78 Å². The molecular weight excluding hydrogens is 344 g/mol. The van der Waals surface area contributed by atoms with Crippen molar-refractivity contribution in [2.45, 2.75) is 18.9 Å². The maximum absolute atomic E-state index is 11.6. The zero-order valence-corrected chi connectivity index (χ0v) is 14.9. The molecule has 0 saturated carbocycles. The summed E-state index contributed by atoms with van der Waals surface area (Å²) in [5.74, 6) is -0.768. The van der Waals surface area contributed by atoms with E-state index < -0.39 is 5.76 Å². The van der Waals surface area contributed by atoms with Crippen molar-refractivity contribution in [2.24, 2.45) is 5.73 Å². The highest BCUT2D eigenvalue weighted by Gasteiger charge is 2.29. The molecule has 1 aliphatic rings. The molecule has 7 nitrogen and oxygen atoms in total. The van der Waals surface area contributed by atoms with Crippen LogP contribution in [0.25, 0.3) is 11.1 Å². The lowest BCUT2D eigenvalue weighted by atomic mass is 10.0. The zero-order valence-electron chi connectivity index (χ0n) is 14.9. The predicted molar refractivity (Wildman–Crippen MR) is 105 cm³/mol. The summed E-state index contributed by atoms with van der Waals surface area (Å²) < 4.78 is 5.20. The van der Waals surface area contributed by atoms with Gasteiger partial charge in [-0.15, -0.1) is 0 Å². The van der Waals surface area contributed by atoms with Gasteiger partial charge < -0.3 is 20.0 Å². The van der Waals surface area contributed by atoms with Crippen molar-refractivity contribution in [3.05, 3.63) is 59.1 Å². The van der Waals surface area contributed by atoms with Gasteiger partial charge in [0.25, 0.3) is 0 Å². The molecule has 3 aromatic rings. The number of amides is 1. The fourth-order valence-electron chi connectivity index (χ4n) is 3.80. The second-order valence-electron chi connectivity index (χ2n) is 6.80. The Balaban J connectivity index is 1.66. The first-order valence-electron chi connectivity index (χ1n) is 9.08. The van der Waals surface area contributed by atoms with E-state index in [1.807, 2.05) is 30.3 Å². The first-order chi connectivity index (χ1) is 13.1. The molecule has 140 valence electrons. The van der Waals surface area contributed by atoms with Gasteiger partial charge in [-0.1, -0.05) is 24.3 Å². The van der Waals surface area contributed by atoms with Crippen molar-refractivity contribution >= 4 is 28.4 Å². The first-order valence-corrected chi connectivity index (χ1v) is 9.08. The van der Waals surface area contributed by atoms with E-state index in [0.717, 1.165) is 31.0 Å². The zero-order chi connectivity index (χ0) is 18.8. The summed E-state index contributed by atoms with van der Waals surface area (Å²) in [6.45, 7) is 2.38. The highest BCUT2D eigenvalue weighted by molar-refractivity contribution is 5.87. The molecule has 0 spiro atoms. The minimum absolute atomic E-state index is 0.0930. The molecule has 0 bridgehead atoms. The number of nitrogens with zero attached hydrogens (tertiary/aromatic N) is 2. The van der Waals surface area contributed by atoms with Gasteiger partial charge in [-0.05, 0) is 30.7 Å². The number of hydrogen-bond donors (Lipinski definition) is 2. The Morgan fingerprint density at radius 1 is 1.15 bits per heavy atom. The van der Waals surface area contributed by atoms with Gasteiger partial charge >= 0.3 is 5.76 Å². The highest BCUT2D eigenvalue weighted by Crippen LogP contribution is 2.30. The van der Waals surface area contributed by atoms with Gasteiger partial charge in [0.05, 0.1) is 5.69 Å². The minimum atomic E-state index is -0.464. The van der Waals surface area contributed by atoms with Crippen LogP contribution in [0.3, 0.4) is 0 Å². The third kappa shape index (κ3) is 3.53. The number of oxazole rings is 1. The number of primary amides is 1. The number of anilines is 2. The summed E-state index contributed by atoms with van der Waals surface area (Å²) in [5, 5.41) is 0. The molecule has 1 amide bonds. The number of nitrogens with two attached hydrogens (primary N) is 1. The van der Waals surface area contributed by atoms with E-state index in [0.29, 0.717) is 23.9 Å². The second-order valence-corrected chi connectivity index (χ2v) is 6.80. The fraction of sp³-hybridized carbons (Fsp3) is 0.300. The molecule has 1 atom stereocenters. The molecule has 1 unspecified atom stereocenters. The lowest BCUT2D eigenvalue weighted by Crippen LogP contribution is -2.53. The van der Waals surface area contributed by atoms with Crippen LogP contribution in [0.15, 0.2) is 57.7 Å². The van der Waals surface area contributed by atoms with Crippen molar-refractivity contribution in [1.82, 2.24) is 4.98 Å². The lowest BCUT2D eigenvalue weighted by molar-refractivity contribution is -0.118. The Hall–Kier alpha value is -3.22. The van der Waals surface area contributed by atoms with E-state index in [2.05, 4.69) is 26.9 Å². The van der Waals surface area contributed by atoms with E-state index >= 15 is 0 Å². The minimum Gasteiger partial charge on any atom is -0.408 e. The number of fused-ring (bicyclic) bond motifs is 1. The smallest absolute Gasteiger partial charge is 0.408 e. The highest BCUT2D eigenvalue weighted by atomic mass is 16.4. The fourth-order valence-corrected chi connectivity index (χ4v) is 3.80. The van der Waals surface area contributed by atoms with Gasteiger partial charge in [0.15, 0.2) is 5.58 Å². The van der Waals surface area contributed by atoms with Gasteiger partial charge in [-0.2, -0.15) is 0 Å². The van der Waals surface area contributed by atoms with Crippen LogP contribution >= 0.6 is 0 Å². The topological polar surface area (TPSA) is 95.6 Å². The summed E-state index contributed by atoms with van der Waals surface area (Å²) >= 11 is 0. The van der Waals surface area contributed by atoms with Crippen molar-refractivity contribution < 1.29 is 9.21 Å². The number of hydrogen-bond acceptors (Lipinski definition) is 5. The van der Waals surface area contributed by atoms with Crippen LogP contribution in [0.2, 0.25) is 0 Å². The van der Waals surface area contributed by atoms with Crippen LogP contribution in [0, 0.1) is 0 Å². The van der Waals surface area contributed by atoms with E-state index in [1.54, 1.807) is 6.07 Å². The molecular formula is C20H22N4O3. The number of para-hydroxylation sites is 2. The average molecular weight is 366 g/mol. The predicted octanol–water partition coefficient (Wildman–Crippen LogP) is 2.08. The van der Waals surface area contributed by atoms with Crippen molar-refractivity contribution in [3.63, 3.8) is 0 Å². The molecule has 1 fully saturated rings. The summed E-state index contributed by atoms with van der Waals surface area (Å²) in [6.07, 6.45) is 0.971. The Labute approximate surface area is 156 Å². The molecule has 1 saturated heterocycles. The van der Waals surface area contributed by atoms with E-state index in [4.69, 9.17) is 10.2 Å². The van der Waals surface area contributed by atoms with E-state index in [1.165, 1.54) is 0 Å². The van der Waals surface area contributed by atoms with Gasteiger partial charge in [-0.25, -0.2) is 4.79 Å². The maximum Gasteiger partial charge on any atom is 0.417 e. The number of aromatic amines is 1. The summed E-state index contributed by atoms with van der Waals surface area (Å²) in [6, 6.07) is 16.0. The van der Waals surface area contributed by atoms with Gasteiger partial charge in [0.1, 0.15) is 5.52 Å². The molecule has 3 N–H and O–H groups in total. The molecule has 4 rings (SSSR count). The number of carbonyl (C=O) groups excluding carboxylic acids is 1. The average Bonchev–Trinajstić information content (AvgIpc) is 3.07. The van der Waals surface area contributed by atoms with Crippen LogP contribution in [0.5, 0.6) is 0 Å². The maximum atomic E-state index is 11.6. The van der Waals surface area contributed by atoms with Crippen molar-refractivity contribution in [2.75, 3.05) is 29.4 Å². The summed E-state index contributed by atoms with van der Waals surface area (Å²) in [7, 11) is 0. The quantitative estimate of drug-likeness (QED) is 0.721. The molecule has 1 aliphatic heterocycles. The van der Waals surface area contributed by atoms with Gasteiger partial charge in [0, 0.05) is 37.8 Å². The van der Waals surface area contributed by atoms with Crippen LogP contribution < -0.4 is 21.3 Å². The van der Waals surface area contributed by atoms with Crippen LogP contribution in [-0.4, -0.2) is 36.6 Å². The van der Waals surface area contributed by atoms with Crippen LogP contribution in [-0.2, 0) is 4.79 Å². The van der Waals surface area contributed by atoms with Crippen molar-refractivity contribution in [3.8, 4) is 0 Å². The molecule has 1 aromatic heterocycles. The normalized spacial score (nSPS) is 17.4. The van der Waals surface area contributed by atoms with Gasteiger partial charge in [0.2, 0.25) is 5.91 Å². The number of rotatable bonds is 5. The Morgan fingerprint density at radius 2 is 1.96 bits per heavy atom. The Bertz CT molecular complexity index is 995. The number of H-pyrrole nitrogens is 1. The summed E-state index contributed by atoms with van der Waals surface area (Å²) in [5.41, 5.74) is 8.71. The second kappa shape index (κ2) is 7.19. The van der Waals surface area contributed by atoms with Crippen LogP contribution in [0.1, 0.15) is 12.8 Å². The summed E-state index contributed by atoms with van der Waals surface area (Å²) in [4.78, 5) is 30.4. The number of aromatic nitrogens is 1. The largest absolute Gasteiger partial charge is 0.417 e. The monoisotopic (exact) mass is 366 g/mol. The number of benzene rings is 2. The van der Waals surface area contributed by atoms with Crippen LogP contribution in [0.4, 0.5) is 11.4 Å². The third-order valence-electron chi connectivity index (χ3n) is 5.07. The molecule has 0 radical (unpaired) electrons. The Morgan fingerprint density at radius 3 is 2.74 bits per heavy atom. The molecule has 2 heterocycles. The van der Waals surface area contributed by atoms with Crippen molar-refractivity contribution in [1.29, 1.82) is 0 Å². The van der Waals surface area contributed by atoms with E-state index in [-0.39, 0.29) is 11.9 Å². The lowest BCUT2D eigenvalue weighted by Gasteiger charge is -2.44. The number of piperazine rings is 1. The Kier molecular flexibility index (Phi) is 4.58.